The largest absolute Gasteiger partial charge is 0.494 e. The molecule has 0 aliphatic carbocycles. The summed E-state index contributed by atoms with van der Waals surface area (Å²) in [5.41, 5.74) is 2.54. The van der Waals surface area contributed by atoms with Gasteiger partial charge in [0.25, 0.3) is 0 Å². The lowest BCUT2D eigenvalue weighted by atomic mass is 10.1. The van der Waals surface area contributed by atoms with Gasteiger partial charge in [0.1, 0.15) is 5.75 Å². The minimum absolute atomic E-state index is 0. The molecule has 0 heterocycles. The number of nitrogens with one attached hydrogen (secondary N) is 1. The van der Waals surface area contributed by atoms with Crippen LogP contribution in [0.3, 0.4) is 0 Å². The van der Waals surface area contributed by atoms with Crippen LogP contribution in [0.4, 0.5) is 0 Å². The van der Waals surface area contributed by atoms with Crippen LogP contribution < -0.4 is 10.1 Å². The fourth-order valence-corrected chi connectivity index (χ4v) is 2.15. The smallest absolute Gasteiger partial charge is 0.119 e. The van der Waals surface area contributed by atoms with E-state index in [1.807, 2.05) is 31.2 Å². The van der Waals surface area contributed by atoms with E-state index >= 15 is 0 Å². The minimum atomic E-state index is 0. The van der Waals surface area contributed by atoms with E-state index in [9.17, 15) is 0 Å². The van der Waals surface area contributed by atoms with Crippen LogP contribution in [0.2, 0.25) is 5.02 Å². The second kappa shape index (κ2) is 9.67. The van der Waals surface area contributed by atoms with Crippen LogP contribution in [0.25, 0.3) is 0 Å². The van der Waals surface area contributed by atoms with E-state index in [1.54, 1.807) is 0 Å². The van der Waals surface area contributed by atoms with Gasteiger partial charge in [-0.25, -0.2) is 0 Å². The third kappa shape index (κ3) is 6.38. The quantitative estimate of drug-likeness (QED) is 0.757. The van der Waals surface area contributed by atoms with Crippen molar-refractivity contribution in [3.63, 3.8) is 0 Å². The molecule has 1 N–H and O–H groups in total. The summed E-state index contributed by atoms with van der Waals surface area (Å²) in [5.74, 6) is 0.935. The monoisotopic (exact) mass is 325 g/mol. The lowest BCUT2D eigenvalue weighted by molar-refractivity contribution is 0.340. The van der Waals surface area contributed by atoms with Gasteiger partial charge >= 0.3 is 0 Å². The van der Waals surface area contributed by atoms with Gasteiger partial charge in [-0.05, 0) is 55.3 Å². The molecule has 114 valence electrons. The predicted octanol–water partition coefficient (Wildman–Crippen LogP) is 4.49. The van der Waals surface area contributed by atoms with Crippen molar-refractivity contribution in [3.05, 3.63) is 64.7 Å². The maximum absolute atomic E-state index is 5.87. The van der Waals surface area contributed by atoms with Gasteiger partial charge in [0.15, 0.2) is 0 Å². The molecule has 4 heteroatoms. The molecule has 0 amide bonds. The molecule has 0 aliphatic heterocycles. The summed E-state index contributed by atoms with van der Waals surface area (Å²) in [7, 11) is 0. The molecule has 21 heavy (non-hydrogen) atoms. The summed E-state index contributed by atoms with van der Waals surface area (Å²) in [6, 6.07) is 16.2. The Morgan fingerprint density at radius 1 is 1.05 bits per heavy atom. The van der Waals surface area contributed by atoms with Gasteiger partial charge in [0.2, 0.25) is 0 Å². The first-order valence-corrected chi connectivity index (χ1v) is 7.32. The van der Waals surface area contributed by atoms with Gasteiger partial charge in [-0.3, -0.25) is 0 Å². The first-order valence-electron chi connectivity index (χ1n) is 6.95. The Balaban J connectivity index is 0.00000220. The number of rotatable bonds is 7. The number of hydrogen-bond acceptors (Lipinski definition) is 2. The second-order valence-corrected chi connectivity index (χ2v) is 5.07. The van der Waals surface area contributed by atoms with Gasteiger partial charge in [-0.15, -0.1) is 12.4 Å². The molecule has 0 aromatic heterocycles. The first-order chi connectivity index (χ1) is 9.78. The Morgan fingerprint density at radius 2 is 1.81 bits per heavy atom. The van der Waals surface area contributed by atoms with Crippen LogP contribution in [0.5, 0.6) is 5.75 Å². The molecule has 0 atom stereocenters. The maximum atomic E-state index is 5.87. The number of benzene rings is 2. The summed E-state index contributed by atoms with van der Waals surface area (Å²) in [4.78, 5) is 0. The lowest BCUT2D eigenvalue weighted by Crippen LogP contribution is -2.16. The summed E-state index contributed by atoms with van der Waals surface area (Å²) in [6.07, 6.45) is 1.00. The molecular formula is C17H21Cl2NO. The van der Waals surface area contributed by atoms with Crippen molar-refractivity contribution >= 4 is 24.0 Å². The Morgan fingerprint density at radius 3 is 2.52 bits per heavy atom. The second-order valence-electron chi connectivity index (χ2n) is 4.63. The van der Waals surface area contributed by atoms with Gasteiger partial charge < -0.3 is 10.1 Å². The maximum Gasteiger partial charge on any atom is 0.119 e. The van der Waals surface area contributed by atoms with Crippen LogP contribution in [0, 0.1) is 0 Å². The van der Waals surface area contributed by atoms with E-state index in [-0.39, 0.29) is 12.4 Å². The van der Waals surface area contributed by atoms with Crippen LogP contribution in [0.1, 0.15) is 18.1 Å². The Bertz CT molecular complexity index is 529. The molecule has 0 spiro atoms. The molecule has 0 aliphatic rings. The molecule has 2 aromatic carbocycles. The highest BCUT2D eigenvalue weighted by atomic mass is 35.5. The minimum Gasteiger partial charge on any atom is -0.494 e. The Labute approximate surface area is 137 Å². The summed E-state index contributed by atoms with van der Waals surface area (Å²) >= 11 is 5.87. The zero-order chi connectivity index (χ0) is 14.2. The highest BCUT2D eigenvalue weighted by Crippen LogP contribution is 2.13. The third-order valence-electron chi connectivity index (χ3n) is 3.04. The molecule has 0 unspecified atom stereocenters. The van der Waals surface area contributed by atoms with Crippen molar-refractivity contribution in [1.29, 1.82) is 0 Å². The van der Waals surface area contributed by atoms with Crippen molar-refractivity contribution in [1.82, 2.24) is 5.32 Å². The highest BCUT2D eigenvalue weighted by molar-refractivity contribution is 6.30. The fraction of sp³-hybridized carbons (Fsp3) is 0.294. The molecule has 2 nitrogen and oxygen atoms in total. The van der Waals surface area contributed by atoms with E-state index in [0.29, 0.717) is 6.61 Å². The summed E-state index contributed by atoms with van der Waals surface area (Å²) in [5, 5.41) is 4.23. The van der Waals surface area contributed by atoms with Gasteiger partial charge in [0, 0.05) is 11.6 Å². The zero-order valence-electron chi connectivity index (χ0n) is 12.1. The molecule has 0 saturated heterocycles. The van der Waals surface area contributed by atoms with Gasteiger partial charge in [-0.1, -0.05) is 35.9 Å². The van der Waals surface area contributed by atoms with Gasteiger partial charge in [0.05, 0.1) is 6.61 Å². The van der Waals surface area contributed by atoms with Crippen molar-refractivity contribution < 1.29 is 4.74 Å². The van der Waals surface area contributed by atoms with Crippen LogP contribution >= 0.6 is 24.0 Å². The molecular weight excluding hydrogens is 305 g/mol. The standard InChI is InChI=1S/C17H20ClNO.ClH/c1-2-20-17-5-3-4-15(12-17)13-19-11-10-14-6-8-16(18)9-7-14;/h3-9,12,19H,2,10-11,13H2,1H3;1H. The topological polar surface area (TPSA) is 21.3 Å². The van der Waals surface area contributed by atoms with E-state index < -0.39 is 0 Å². The molecule has 0 bridgehead atoms. The third-order valence-corrected chi connectivity index (χ3v) is 3.29. The average molecular weight is 326 g/mol. The Hall–Kier alpha value is -1.22. The van der Waals surface area contributed by atoms with E-state index in [0.717, 1.165) is 30.3 Å². The average Bonchev–Trinajstić information content (AvgIpc) is 2.46. The van der Waals surface area contributed by atoms with Gasteiger partial charge in [-0.2, -0.15) is 0 Å². The van der Waals surface area contributed by atoms with Crippen molar-refractivity contribution in [2.75, 3.05) is 13.2 Å². The molecule has 2 aromatic rings. The normalized spacial score (nSPS) is 10.0. The summed E-state index contributed by atoms with van der Waals surface area (Å²) < 4.78 is 5.49. The summed E-state index contributed by atoms with van der Waals surface area (Å²) in [6.45, 7) is 4.50. The molecule has 2 rings (SSSR count). The SMILES string of the molecule is CCOc1cccc(CNCCc2ccc(Cl)cc2)c1.Cl. The number of ether oxygens (including phenoxy) is 1. The van der Waals surface area contributed by atoms with E-state index in [2.05, 4.69) is 29.6 Å². The highest BCUT2D eigenvalue weighted by Gasteiger charge is 1.97. The lowest BCUT2D eigenvalue weighted by Gasteiger charge is -2.08. The van der Waals surface area contributed by atoms with Crippen molar-refractivity contribution in [3.8, 4) is 5.75 Å². The van der Waals surface area contributed by atoms with Crippen molar-refractivity contribution in [2.45, 2.75) is 19.9 Å². The van der Waals surface area contributed by atoms with Crippen molar-refractivity contribution in [2.24, 2.45) is 0 Å². The van der Waals surface area contributed by atoms with E-state index in [4.69, 9.17) is 16.3 Å². The first kappa shape index (κ1) is 17.8. The molecule has 0 saturated carbocycles. The number of halogens is 2. The van der Waals surface area contributed by atoms with Crippen LogP contribution in [-0.4, -0.2) is 13.2 Å². The number of hydrogen-bond donors (Lipinski definition) is 1. The predicted molar refractivity (Wildman–Crippen MR) is 91.7 cm³/mol. The molecule has 0 radical (unpaired) electrons. The van der Waals surface area contributed by atoms with E-state index in [1.165, 1.54) is 11.1 Å². The fourth-order valence-electron chi connectivity index (χ4n) is 2.03. The van der Waals surface area contributed by atoms with Crippen LogP contribution in [0.15, 0.2) is 48.5 Å². The van der Waals surface area contributed by atoms with Crippen LogP contribution in [-0.2, 0) is 13.0 Å². The Kier molecular flexibility index (Phi) is 8.21. The zero-order valence-corrected chi connectivity index (χ0v) is 13.7. The molecule has 0 fully saturated rings.